The second kappa shape index (κ2) is 4.86. The van der Waals surface area contributed by atoms with Gasteiger partial charge in [-0.05, 0) is 65.2 Å². The van der Waals surface area contributed by atoms with E-state index < -0.39 is 6.10 Å². The molecule has 1 aromatic carbocycles. The molecule has 1 saturated carbocycles. The molecule has 1 aliphatic carbocycles. The van der Waals surface area contributed by atoms with Gasteiger partial charge in [0.05, 0.1) is 11.8 Å². The molecule has 1 N–H and O–H groups in total. The molecule has 0 bridgehead atoms. The number of nitrogens with zero attached hydrogens (tertiary/aromatic N) is 1. The van der Waals surface area contributed by atoms with Crippen LogP contribution in [0.15, 0.2) is 22.7 Å². The number of hydrogen-bond acceptors (Lipinski definition) is 2. The summed E-state index contributed by atoms with van der Waals surface area (Å²) in [4.78, 5) is 2.50. The second-order valence-corrected chi connectivity index (χ2v) is 6.60. The molecule has 2 nitrogen and oxygen atoms in total. The van der Waals surface area contributed by atoms with Crippen molar-refractivity contribution in [3.8, 4) is 0 Å². The van der Waals surface area contributed by atoms with Crippen molar-refractivity contribution in [3.63, 3.8) is 0 Å². The monoisotopic (exact) mass is 309 g/mol. The van der Waals surface area contributed by atoms with Crippen molar-refractivity contribution >= 4 is 21.6 Å². The summed E-state index contributed by atoms with van der Waals surface area (Å²) >= 11 is 3.65. The summed E-state index contributed by atoms with van der Waals surface area (Å²) < 4.78 is 1.11. The number of anilines is 1. The van der Waals surface area contributed by atoms with Crippen LogP contribution in [-0.4, -0.2) is 18.2 Å². The summed E-state index contributed by atoms with van der Waals surface area (Å²) in [5.74, 6) is 1.82. The Morgan fingerprint density at radius 2 is 1.94 bits per heavy atom. The van der Waals surface area contributed by atoms with Crippen LogP contribution in [0, 0.1) is 11.8 Å². The van der Waals surface area contributed by atoms with E-state index in [1.54, 1.807) is 0 Å². The molecule has 1 aromatic rings. The van der Waals surface area contributed by atoms with Crippen molar-refractivity contribution in [1.29, 1.82) is 0 Å². The molecule has 0 amide bonds. The van der Waals surface area contributed by atoms with Crippen molar-refractivity contribution in [3.05, 3.63) is 28.2 Å². The molecule has 3 unspecified atom stereocenters. The van der Waals surface area contributed by atoms with E-state index in [1.165, 1.54) is 38.0 Å². The number of aliphatic hydroxyl groups is 1. The molecule has 2 aliphatic rings. The van der Waals surface area contributed by atoms with E-state index in [0.29, 0.717) is 0 Å². The Morgan fingerprint density at radius 1 is 1.28 bits per heavy atom. The van der Waals surface area contributed by atoms with Gasteiger partial charge >= 0.3 is 0 Å². The topological polar surface area (TPSA) is 23.5 Å². The van der Waals surface area contributed by atoms with Gasteiger partial charge < -0.3 is 10.0 Å². The van der Waals surface area contributed by atoms with Gasteiger partial charge in [-0.2, -0.15) is 0 Å². The van der Waals surface area contributed by atoms with Gasteiger partial charge in [0.1, 0.15) is 0 Å². The van der Waals surface area contributed by atoms with Gasteiger partial charge in [0.15, 0.2) is 0 Å². The number of halogens is 1. The summed E-state index contributed by atoms with van der Waals surface area (Å²) in [6, 6.07) is 6.24. The molecule has 1 saturated heterocycles. The summed E-state index contributed by atoms with van der Waals surface area (Å²) in [6.07, 6.45) is 3.84. The lowest BCUT2D eigenvalue weighted by molar-refractivity contribution is 0.199. The highest BCUT2D eigenvalue weighted by atomic mass is 79.9. The van der Waals surface area contributed by atoms with Crippen LogP contribution in [0.2, 0.25) is 0 Å². The summed E-state index contributed by atoms with van der Waals surface area (Å²) in [5, 5.41) is 9.60. The number of aliphatic hydroxyl groups excluding tert-OH is 1. The first-order valence-electron chi connectivity index (χ1n) is 6.87. The number of hydrogen-bond donors (Lipinski definition) is 1. The molecule has 3 rings (SSSR count). The van der Waals surface area contributed by atoms with Gasteiger partial charge in [0.25, 0.3) is 0 Å². The number of rotatable bonds is 2. The van der Waals surface area contributed by atoms with Crippen LogP contribution in [0.5, 0.6) is 0 Å². The van der Waals surface area contributed by atoms with E-state index in [9.17, 15) is 5.11 Å². The Morgan fingerprint density at radius 3 is 2.50 bits per heavy atom. The highest BCUT2D eigenvalue weighted by Gasteiger charge is 2.36. The Kier molecular flexibility index (Phi) is 3.37. The molecule has 3 atom stereocenters. The van der Waals surface area contributed by atoms with Crippen molar-refractivity contribution in [2.45, 2.75) is 32.3 Å². The van der Waals surface area contributed by atoms with Crippen LogP contribution in [0.1, 0.15) is 37.9 Å². The second-order valence-electron chi connectivity index (χ2n) is 5.74. The molecular formula is C15H20BrNO. The molecule has 18 heavy (non-hydrogen) atoms. The van der Waals surface area contributed by atoms with Crippen molar-refractivity contribution in [2.75, 3.05) is 18.0 Å². The fourth-order valence-corrected chi connectivity index (χ4v) is 4.12. The van der Waals surface area contributed by atoms with E-state index in [1.807, 2.05) is 19.1 Å². The molecule has 3 heteroatoms. The zero-order chi connectivity index (χ0) is 12.7. The third-order valence-electron chi connectivity index (χ3n) is 4.52. The molecule has 0 spiro atoms. The number of fused-ring (bicyclic) bond motifs is 1. The van der Waals surface area contributed by atoms with Gasteiger partial charge in [0.2, 0.25) is 0 Å². The minimum Gasteiger partial charge on any atom is -0.389 e. The van der Waals surface area contributed by atoms with E-state index in [-0.39, 0.29) is 0 Å². The van der Waals surface area contributed by atoms with Crippen molar-refractivity contribution in [2.24, 2.45) is 11.8 Å². The average Bonchev–Trinajstić information content (AvgIpc) is 2.88. The first kappa shape index (κ1) is 12.5. The quantitative estimate of drug-likeness (QED) is 0.899. The lowest BCUT2D eigenvalue weighted by atomic mass is 10.0. The molecule has 1 heterocycles. The highest BCUT2D eigenvalue weighted by Crippen LogP contribution is 2.41. The van der Waals surface area contributed by atoms with E-state index in [2.05, 4.69) is 26.9 Å². The van der Waals surface area contributed by atoms with Gasteiger partial charge in [-0.1, -0.05) is 12.5 Å². The smallest absolute Gasteiger partial charge is 0.0762 e. The first-order chi connectivity index (χ1) is 8.65. The standard InChI is InChI=1S/C15H20BrNO/c1-10(18)11-5-6-15(14(16)7-11)17-8-12-3-2-4-13(12)9-17/h5-7,10,12-13,18H,2-4,8-9H2,1H3. The third-order valence-corrected chi connectivity index (χ3v) is 5.16. The van der Waals surface area contributed by atoms with Crippen LogP contribution >= 0.6 is 15.9 Å². The first-order valence-corrected chi connectivity index (χ1v) is 7.67. The van der Waals surface area contributed by atoms with E-state index in [4.69, 9.17) is 0 Å². The molecular weight excluding hydrogens is 290 g/mol. The SMILES string of the molecule is CC(O)c1ccc(N2CC3CCCC3C2)c(Br)c1. The van der Waals surface area contributed by atoms with E-state index in [0.717, 1.165) is 21.9 Å². The van der Waals surface area contributed by atoms with Crippen molar-refractivity contribution < 1.29 is 5.11 Å². The molecule has 0 aromatic heterocycles. The fourth-order valence-electron chi connectivity index (χ4n) is 3.47. The maximum Gasteiger partial charge on any atom is 0.0762 e. The van der Waals surface area contributed by atoms with Crippen LogP contribution < -0.4 is 4.90 Å². The van der Waals surface area contributed by atoms with Gasteiger partial charge in [-0.15, -0.1) is 0 Å². The van der Waals surface area contributed by atoms with Gasteiger partial charge in [-0.3, -0.25) is 0 Å². The zero-order valence-electron chi connectivity index (χ0n) is 10.8. The summed E-state index contributed by atoms with van der Waals surface area (Å²) in [5.41, 5.74) is 2.26. The Bertz CT molecular complexity index is 434. The summed E-state index contributed by atoms with van der Waals surface area (Å²) in [6.45, 7) is 4.22. The highest BCUT2D eigenvalue weighted by molar-refractivity contribution is 9.10. The largest absolute Gasteiger partial charge is 0.389 e. The van der Waals surface area contributed by atoms with Crippen LogP contribution in [-0.2, 0) is 0 Å². The predicted octanol–water partition coefficient (Wildman–Crippen LogP) is 3.74. The Balaban J connectivity index is 1.81. The average molecular weight is 310 g/mol. The molecule has 1 aliphatic heterocycles. The lowest BCUT2D eigenvalue weighted by Crippen LogP contribution is -2.21. The Hall–Kier alpha value is -0.540. The summed E-state index contributed by atoms with van der Waals surface area (Å²) in [7, 11) is 0. The minimum absolute atomic E-state index is 0.395. The molecule has 0 radical (unpaired) electrons. The van der Waals surface area contributed by atoms with Crippen LogP contribution in [0.3, 0.4) is 0 Å². The van der Waals surface area contributed by atoms with Crippen molar-refractivity contribution in [1.82, 2.24) is 0 Å². The third kappa shape index (κ3) is 2.19. The lowest BCUT2D eigenvalue weighted by Gasteiger charge is -2.22. The minimum atomic E-state index is -0.395. The predicted molar refractivity (Wildman–Crippen MR) is 77.8 cm³/mol. The maximum absolute atomic E-state index is 9.60. The fraction of sp³-hybridized carbons (Fsp3) is 0.600. The Labute approximate surface area is 117 Å². The molecule has 98 valence electrons. The van der Waals surface area contributed by atoms with E-state index >= 15 is 0 Å². The van der Waals surface area contributed by atoms with Crippen LogP contribution in [0.4, 0.5) is 5.69 Å². The zero-order valence-corrected chi connectivity index (χ0v) is 12.4. The number of benzene rings is 1. The normalized spacial score (nSPS) is 28.5. The van der Waals surface area contributed by atoms with Crippen LogP contribution in [0.25, 0.3) is 0 Å². The maximum atomic E-state index is 9.60. The van der Waals surface area contributed by atoms with Gasteiger partial charge in [0, 0.05) is 17.6 Å². The van der Waals surface area contributed by atoms with Gasteiger partial charge in [-0.25, -0.2) is 0 Å². The molecule has 2 fully saturated rings.